The summed E-state index contributed by atoms with van der Waals surface area (Å²) in [6, 6.07) is 11.2. The molecule has 1 atom stereocenters. The lowest BCUT2D eigenvalue weighted by molar-refractivity contribution is -0.128. The summed E-state index contributed by atoms with van der Waals surface area (Å²) in [5, 5.41) is 13.4. The fraction of sp³-hybridized carbons (Fsp3) is 0.222. The number of aromatic hydroxyl groups is 1. The first kappa shape index (κ1) is 17.6. The van der Waals surface area contributed by atoms with E-state index in [4.69, 9.17) is 23.2 Å². The van der Waals surface area contributed by atoms with E-state index in [2.05, 4.69) is 5.32 Å². The molecular weight excluding hydrogens is 363 g/mol. The van der Waals surface area contributed by atoms with Crippen molar-refractivity contribution in [2.45, 2.75) is 19.0 Å². The largest absolute Gasteiger partial charge is 0.507 e. The number of nitrogens with zero attached hydrogens (tertiary/aromatic N) is 1. The van der Waals surface area contributed by atoms with Crippen LogP contribution in [0.1, 0.15) is 22.3 Å². The van der Waals surface area contributed by atoms with Gasteiger partial charge in [0.15, 0.2) is 0 Å². The van der Waals surface area contributed by atoms with E-state index in [-0.39, 0.29) is 29.7 Å². The number of phenols is 1. The third-order valence-corrected chi connectivity index (χ3v) is 4.79. The molecule has 1 unspecified atom stereocenters. The SMILES string of the molecule is O=C(NC1CC(=O)N(Cc2ccc(Cl)c(Cl)c2)C1)c1ccccc1O. The van der Waals surface area contributed by atoms with Crippen molar-refractivity contribution in [3.8, 4) is 5.75 Å². The summed E-state index contributed by atoms with van der Waals surface area (Å²) in [4.78, 5) is 26.1. The van der Waals surface area contributed by atoms with Crippen molar-refractivity contribution in [2.24, 2.45) is 0 Å². The van der Waals surface area contributed by atoms with Crippen LogP contribution in [0.3, 0.4) is 0 Å². The van der Waals surface area contributed by atoms with Crippen LogP contribution in [-0.2, 0) is 11.3 Å². The maximum absolute atomic E-state index is 12.2. The average molecular weight is 379 g/mol. The molecule has 2 aromatic carbocycles. The molecule has 1 heterocycles. The molecule has 0 aromatic heterocycles. The number of amides is 2. The number of para-hydroxylation sites is 1. The summed E-state index contributed by atoms with van der Waals surface area (Å²) in [7, 11) is 0. The summed E-state index contributed by atoms with van der Waals surface area (Å²) in [5.41, 5.74) is 1.06. The second-order valence-corrected chi connectivity index (χ2v) is 6.73. The number of rotatable bonds is 4. The minimum Gasteiger partial charge on any atom is -0.507 e. The van der Waals surface area contributed by atoms with Crippen LogP contribution in [0, 0.1) is 0 Å². The van der Waals surface area contributed by atoms with Crippen LogP contribution in [0.4, 0.5) is 0 Å². The van der Waals surface area contributed by atoms with Gasteiger partial charge in [-0.3, -0.25) is 9.59 Å². The Kier molecular flexibility index (Phi) is 5.16. The van der Waals surface area contributed by atoms with Gasteiger partial charge < -0.3 is 15.3 Å². The van der Waals surface area contributed by atoms with Gasteiger partial charge in [0.05, 0.1) is 21.7 Å². The molecule has 2 N–H and O–H groups in total. The maximum atomic E-state index is 12.2. The number of carbonyl (C=O) groups is 2. The van der Waals surface area contributed by atoms with Gasteiger partial charge in [0, 0.05) is 19.5 Å². The van der Waals surface area contributed by atoms with E-state index in [0.717, 1.165) is 5.56 Å². The Morgan fingerprint density at radius 3 is 2.68 bits per heavy atom. The highest BCUT2D eigenvalue weighted by Crippen LogP contribution is 2.24. The molecule has 2 amide bonds. The van der Waals surface area contributed by atoms with Crippen molar-refractivity contribution in [2.75, 3.05) is 6.54 Å². The molecule has 5 nitrogen and oxygen atoms in total. The van der Waals surface area contributed by atoms with Crippen molar-refractivity contribution in [1.29, 1.82) is 0 Å². The van der Waals surface area contributed by atoms with Crippen molar-refractivity contribution in [1.82, 2.24) is 10.2 Å². The Labute approximate surface area is 155 Å². The van der Waals surface area contributed by atoms with Crippen molar-refractivity contribution >= 4 is 35.0 Å². The van der Waals surface area contributed by atoms with Gasteiger partial charge in [0.1, 0.15) is 5.75 Å². The van der Waals surface area contributed by atoms with Crippen LogP contribution in [0.15, 0.2) is 42.5 Å². The molecule has 130 valence electrons. The third-order valence-electron chi connectivity index (χ3n) is 4.06. The van der Waals surface area contributed by atoms with Gasteiger partial charge >= 0.3 is 0 Å². The number of hydrogen-bond acceptors (Lipinski definition) is 3. The molecule has 1 fully saturated rings. The van der Waals surface area contributed by atoms with Crippen LogP contribution in [-0.4, -0.2) is 34.4 Å². The van der Waals surface area contributed by atoms with E-state index in [1.165, 1.54) is 12.1 Å². The molecule has 0 aliphatic carbocycles. The second kappa shape index (κ2) is 7.33. The molecule has 0 saturated carbocycles. The van der Waals surface area contributed by atoms with E-state index in [1.54, 1.807) is 29.2 Å². The van der Waals surface area contributed by atoms with Crippen LogP contribution < -0.4 is 5.32 Å². The summed E-state index contributed by atoms with van der Waals surface area (Å²) in [6.45, 7) is 0.803. The molecule has 1 aliphatic heterocycles. The highest BCUT2D eigenvalue weighted by Gasteiger charge is 2.31. The number of nitrogens with one attached hydrogen (secondary N) is 1. The number of carbonyl (C=O) groups excluding carboxylic acids is 2. The first-order valence-corrected chi connectivity index (χ1v) is 8.50. The molecule has 1 aliphatic rings. The zero-order chi connectivity index (χ0) is 18.0. The number of hydrogen-bond donors (Lipinski definition) is 2. The van der Waals surface area contributed by atoms with Crippen LogP contribution in [0.25, 0.3) is 0 Å². The molecule has 7 heteroatoms. The third kappa shape index (κ3) is 4.06. The average Bonchev–Trinajstić information content (AvgIpc) is 2.90. The quantitative estimate of drug-likeness (QED) is 0.857. The molecular formula is C18H16Cl2N2O3. The lowest BCUT2D eigenvalue weighted by Crippen LogP contribution is -2.37. The van der Waals surface area contributed by atoms with Crippen LogP contribution in [0.2, 0.25) is 10.0 Å². The van der Waals surface area contributed by atoms with E-state index in [9.17, 15) is 14.7 Å². The van der Waals surface area contributed by atoms with Crippen molar-refractivity contribution < 1.29 is 14.7 Å². The minimum atomic E-state index is -0.396. The molecule has 0 spiro atoms. The first-order valence-electron chi connectivity index (χ1n) is 7.74. The first-order chi connectivity index (χ1) is 11.9. The van der Waals surface area contributed by atoms with Gasteiger partial charge in [-0.2, -0.15) is 0 Å². The predicted octanol–water partition coefficient (Wildman–Crippen LogP) is 3.23. The zero-order valence-electron chi connectivity index (χ0n) is 13.2. The summed E-state index contributed by atoms with van der Waals surface area (Å²) >= 11 is 11.9. The highest BCUT2D eigenvalue weighted by atomic mass is 35.5. The topological polar surface area (TPSA) is 69.6 Å². The Balaban J connectivity index is 1.63. The molecule has 2 aromatic rings. The normalized spacial score (nSPS) is 17.0. The lowest BCUT2D eigenvalue weighted by Gasteiger charge is -2.17. The van der Waals surface area contributed by atoms with E-state index >= 15 is 0 Å². The van der Waals surface area contributed by atoms with Gasteiger partial charge in [-0.1, -0.05) is 41.4 Å². The van der Waals surface area contributed by atoms with E-state index < -0.39 is 5.91 Å². The summed E-state index contributed by atoms with van der Waals surface area (Å²) in [6.07, 6.45) is 0.223. The minimum absolute atomic E-state index is 0.0475. The van der Waals surface area contributed by atoms with Crippen LogP contribution in [0.5, 0.6) is 5.75 Å². The lowest BCUT2D eigenvalue weighted by atomic mass is 10.1. The van der Waals surface area contributed by atoms with Gasteiger partial charge in [0.25, 0.3) is 5.91 Å². The number of likely N-dealkylation sites (tertiary alicyclic amines) is 1. The standard InChI is InChI=1S/C18H16Cl2N2O3/c19-14-6-5-11(7-15(14)20)9-22-10-12(8-17(22)24)21-18(25)13-3-1-2-4-16(13)23/h1-7,12,23H,8-10H2,(H,21,25). The van der Waals surface area contributed by atoms with Crippen LogP contribution >= 0.6 is 23.2 Å². The fourth-order valence-electron chi connectivity index (χ4n) is 2.81. The number of benzene rings is 2. The number of phenolic OH excluding ortho intramolecular Hbond substituents is 1. The molecule has 0 radical (unpaired) electrons. The van der Waals surface area contributed by atoms with Crippen molar-refractivity contribution in [3.63, 3.8) is 0 Å². The Morgan fingerprint density at radius 1 is 1.20 bits per heavy atom. The van der Waals surface area contributed by atoms with Gasteiger partial charge in [0.2, 0.25) is 5.91 Å². The highest BCUT2D eigenvalue weighted by molar-refractivity contribution is 6.42. The zero-order valence-corrected chi connectivity index (χ0v) is 14.7. The Bertz CT molecular complexity index is 826. The number of halogens is 2. The molecule has 1 saturated heterocycles. The Morgan fingerprint density at radius 2 is 1.96 bits per heavy atom. The monoisotopic (exact) mass is 378 g/mol. The van der Waals surface area contributed by atoms with E-state index in [0.29, 0.717) is 23.1 Å². The Hall–Kier alpha value is -2.24. The predicted molar refractivity (Wildman–Crippen MR) is 95.9 cm³/mol. The van der Waals surface area contributed by atoms with Gasteiger partial charge in [-0.25, -0.2) is 0 Å². The molecule has 25 heavy (non-hydrogen) atoms. The maximum Gasteiger partial charge on any atom is 0.255 e. The van der Waals surface area contributed by atoms with Gasteiger partial charge in [-0.05, 0) is 29.8 Å². The smallest absolute Gasteiger partial charge is 0.255 e. The van der Waals surface area contributed by atoms with Crippen molar-refractivity contribution in [3.05, 3.63) is 63.6 Å². The summed E-state index contributed by atoms with van der Waals surface area (Å²) < 4.78 is 0. The van der Waals surface area contributed by atoms with E-state index in [1.807, 2.05) is 6.07 Å². The molecule has 3 rings (SSSR count). The fourth-order valence-corrected chi connectivity index (χ4v) is 3.13. The second-order valence-electron chi connectivity index (χ2n) is 5.91. The summed E-state index contributed by atoms with van der Waals surface area (Å²) in [5.74, 6) is -0.530. The molecule has 0 bridgehead atoms. The van der Waals surface area contributed by atoms with Gasteiger partial charge in [-0.15, -0.1) is 0 Å².